The fraction of sp³-hybridized carbons (Fsp3) is 0.333. The van der Waals surface area contributed by atoms with Crippen molar-refractivity contribution < 1.29 is 46.8 Å². The van der Waals surface area contributed by atoms with Gasteiger partial charge in [-0.15, -0.1) is 11.3 Å². The first-order valence-electron chi connectivity index (χ1n) is 7.58. The summed E-state index contributed by atoms with van der Waals surface area (Å²) in [7, 11) is -5.02. The van der Waals surface area contributed by atoms with Gasteiger partial charge in [-0.1, -0.05) is 5.16 Å². The van der Waals surface area contributed by atoms with E-state index in [1.807, 2.05) is 0 Å². The number of primary amides is 1. The largest absolute Gasteiger partial charge is 0.479 e. The maximum absolute atomic E-state index is 12.6. The normalized spacial score (nSPS) is 19.0. The molecule has 2 atom stereocenters. The Kier molecular flexibility index (Phi) is 6.74. The van der Waals surface area contributed by atoms with Crippen molar-refractivity contribution in [1.29, 1.82) is 0 Å². The maximum atomic E-state index is 12.6. The zero-order valence-electron chi connectivity index (χ0n) is 14.6. The number of carbonyl (C=O) groups is 4. The van der Waals surface area contributed by atoms with Crippen molar-refractivity contribution in [3.8, 4) is 0 Å². The summed E-state index contributed by atoms with van der Waals surface area (Å²) in [6, 6.07) is -3.08. The molecule has 30 heavy (non-hydrogen) atoms. The molecule has 18 heteroatoms. The van der Waals surface area contributed by atoms with Crippen LogP contribution in [0.4, 0.5) is 9.93 Å². The second-order valence-electron chi connectivity index (χ2n) is 5.44. The number of nitrogens with two attached hydrogens (primary N) is 2. The van der Waals surface area contributed by atoms with Crippen LogP contribution in [-0.4, -0.2) is 82.3 Å². The Morgan fingerprint density at radius 1 is 1.40 bits per heavy atom. The van der Waals surface area contributed by atoms with Gasteiger partial charge in [-0.25, -0.2) is 18.9 Å². The molecule has 3 amide bonds. The van der Waals surface area contributed by atoms with Gasteiger partial charge < -0.3 is 31.5 Å². The number of carboxylic acids is 1. The standard InChI is InChI=1S/C12H14N6O10S2/c13-11-15-4(3-29-11)7(17-28-2-6(19)20)9(21)16-8-5(1-27-12(14)23)18(10(8)22)30(24,25)26/h3,5,8H,1-2H2,(H2,13,15)(H2,14,23)(H,16,21)(H,19,20)(H,24,25,26)/t5?,8-/m0/s1. The molecule has 1 aliphatic heterocycles. The lowest BCUT2D eigenvalue weighted by atomic mass is 9.99. The highest BCUT2D eigenvalue weighted by Gasteiger charge is 2.54. The second kappa shape index (κ2) is 8.88. The van der Waals surface area contributed by atoms with Crippen molar-refractivity contribution in [3.05, 3.63) is 11.1 Å². The van der Waals surface area contributed by atoms with Crippen molar-refractivity contribution >= 4 is 56.4 Å². The van der Waals surface area contributed by atoms with Crippen LogP contribution in [0.5, 0.6) is 0 Å². The van der Waals surface area contributed by atoms with E-state index < -0.39 is 65.2 Å². The number of aliphatic carboxylic acids is 1. The fourth-order valence-electron chi connectivity index (χ4n) is 2.26. The van der Waals surface area contributed by atoms with E-state index in [-0.39, 0.29) is 15.1 Å². The number of aromatic nitrogens is 1. The Hall–Kier alpha value is -3.51. The smallest absolute Gasteiger partial charge is 0.404 e. The third-order valence-corrected chi connectivity index (χ3v) is 5.05. The molecule has 16 nitrogen and oxygen atoms in total. The third-order valence-electron chi connectivity index (χ3n) is 3.42. The van der Waals surface area contributed by atoms with Crippen LogP contribution in [0.1, 0.15) is 5.69 Å². The first kappa shape index (κ1) is 22.8. The zero-order chi connectivity index (χ0) is 22.6. The summed E-state index contributed by atoms with van der Waals surface area (Å²) < 4.78 is 36.2. The highest BCUT2D eigenvalue weighted by molar-refractivity contribution is 7.84. The summed E-state index contributed by atoms with van der Waals surface area (Å²) >= 11 is 0.920. The van der Waals surface area contributed by atoms with E-state index in [4.69, 9.17) is 21.1 Å². The summed E-state index contributed by atoms with van der Waals surface area (Å²) in [5.41, 5.74) is 9.58. The molecule has 0 saturated carbocycles. The number of hydrogen-bond donors (Lipinski definition) is 5. The quantitative estimate of drug-likeness (QED) is 0.106. The van der Waals surface area contributed by atoms with Gasteiger partial charge in [-0.2, -0.15) is 8.42 Å². The molecule has 0 bridgehead atoms. The van der Waals surface area contributed by atoms with Crippen molar-refractivity contribution in [3.63, 3.8) is 0 Å². The van der Waals surface area contributed by atoms with Crippen LogP contribution in [0.25, 0.3) is 0 Å². The third kappa shape index (κ3) is 5.30. The number of β-lactam (4-membered cyclic amide) rings is 1. The van der Waals surface area contributed by atoms with Crippen molar-refractivity contribution in [2.45, 2.75) is 12.1 Å². The van der Waals surface area contributed by atoms with E-state index in [9.17, 15) is 27.6 Å². The number of hydrogen-bond acceptors (Lipinski definition) is 12. The number of carbonyl (C=O) groups excluding carboxylic acids is 3. The summed E-state index contributed by atoms with van der Waals surface area (Å²) in [4.78, 5) is 54.3. The lowest BCUT2D eigenvalue weighted by Crippen LogP contribution is -2.73. The highest BCUT2D eigenvalue weighted by Crippen LogP contribution is 2.24. The van der Waals surface area contributed by atoms with Gasteiger partial charge in [0, 0.05) is 5.38 Å². The van der Waals surface area contributed by atoms with E-state index in [2.05, 4.69) is 25.0 Å². The van der Waals surface area contributed by atoms with E-state index in [0.29, 0.717) is 0 Å². The number of thiazole rings is 1. The molecule has 7 N–H and O–H groups in total. The molecule has 164 valence electrons. The van der Waals surface area contributed by atoms with Gasteiger partial charge in [0.15, 0.2) is 10.8 Å². The first-order chi connectivity index (χ1) is 13.9. The van der Waals surface area contributed by atoms with Crippen LogP contribution in [0, 0.1) is 0 Å². The summed E-state index contributed by atoms with van der Waals surface area (Å²) in [5, 5.41) is 15.4. The molecule has 0 aliphatic carbocycles. The number of ether oxygens (including phenoxy) is 1. The number of carboxylic acid groups (broad SMARTS) is 1. The van der Waals surface area contributed by atoms with Crippen LogP contribution in [0.2, 0.25) is 0 Å². The number of amides is 3. The van der Waals surface area contributed by atoms with Gasteiger partial charge in [0.1, 0.15) is 24.4 Å². The van der Waals surface area contributed by atoms with Crippen LogP contribution in [-0.2, 0) is 34.3 Å². The molecule has 0 aromatic carbocycles. The summed E-state index contributed by atoms with van der Waals surface area (Å²) in [6.45, 7) is -1.66. The molecule has 1 unspecified atom stereocenters. The maximum Gasteiger partial charge on any atom is 0.404 e. The van der Waals surface area contributed by atoms with Crippen LogP contribution in [0.15, 0.2) is 10.5 Å². The molecular formula is C12H14N6O10S2. The molecule has 2 heterocycles. The number of nitrogens with zero attached hydrogens (tertiary/aromatic N) is 3. The molecular weight excluding hydrogens is 452 g/mol. The number of oxime groups is 1. The highest BCUT2D eigenvalue weighted by atomic mass is 32.2. The van der Waals surface area contributed by atoms with E-state index in [1.54, 1.807) is 0 Å². The van der Waals surface area contributed by atoms with Crippen molar-refractivity contribution in [2.75, 3.05) is 18.9 Å². The topological polar surface area (TPSA) is 254 Å². The Labute approximate surface area is 171 Å². The van der Waals surface area contributed by atoms with Gasteiger partial charge in [0.05, 0.1) is 0 Å². The summed E-state index contributed by atoms with van der Waals surface area (Å²) in [6.07, 6.45) is -1.29. The molecule has 1 fully saturated rings. The molecule has 0 radical (unpaired) electrons. The van der Waals surface area contributed by atoms with Crippen LogP contribution < -0.4 is 16.8 Å². The summed E-state index contributed by atoms with van der Waals surface area (Å²) in [5.74, 6) is -3.76. The van der Waals surface area contributed by atoms with Gasteiger partial charge in [-0.3, -0.25) is 14.1 Å². The predicted molar refractivity (Wildman–Crippen MR) is 96.3 cm³/mol. The molecule has 2 rings (SSSR count). The van der Waals surface area contributed by atoms with Crippen LogP contribution >= 0.6 is 11.3 Å². The number of rotatable bonds is 9. The van der Waals surface area contributed by atoms with Gasteiger partial charge in [-0.05, 0) is 0 Å². The molecule has 1 aromatic heterocycles. The minimum atomic E-state index is -5.02. The van der Waals surface area contributed by atoms with Crippen molar-refractivity contribution in [1.82, 2.24) is 14.6 Å². The lowest BCUT2D eigenvalue weighted by molar-refractivity contribution is -0.146. The van der Waals surface area contributed by atoms with E-state index in [1.165, 1.54) is 5.38 Å². The fourth-order valence-corrected chi connectivity index (χ4v) is 3.67. The van der Waals surface area contributed by atoms with E-state index >= 15 is 0 Å². The second-order valence-corrected chi connectivity index (χ2v) is 7.62. The van der Waals surface area contributed by atoms with Crippen molar-refractivity contribution in [2.24, 2.45) is 10.9 Å². The Bertz CT molecular complexity index is 1000. The average molecular weight is 466 g/mol. The Morgan fingerprint density at radius 3 is 2.57 bits per heavy atom. The first-order valence-corrected chi connectivity index (χ1v) is 9.86. The van der Waals surface area contributed by atoms with Gasteiger partial charge in [0.25, 0.3) is 11.8 Å². The number of anilines is 1. The number of nitrogen functional groups attached to an aromatic ring is 1. The predicted octanol–water partition coefficient (Wildman–Crippen LogP) is -2.88. The van der Waals surface area contributed by atoms with Gasteiger partial charge >= 0.3 is 22.4 Å². The molecule has 1 aliphatic rings. The molecule has 1 saturated heterocycles. The SMILES string of the molecule is NC(=O)OCC1[C@H](NC(=O)C(=NOCC(=O)O)c2csc(N)n2)C(=O)N1S(=O)(=O)O. The lowest BCUT2D eigenvalue weighted by Gasteiger charge is -2.43. The Balaban J connectivity index is 2.24. The monoisotopic (exact) mass is 466 g/mol. The molecule has 0 spiro atoms. The van der Waals surface area contributed by atoms with Crippen LogP contribution in [0.3, 0.4) is 0 Å². The minimum absolute atomic E-state index is 0.0144. The average Bonchev–Trinajstić information content (AvgIpc) is 3.04. The molecule has 1 aromatic rings. The number of nitrogens with one attached hydrogen (secondary N) is 1. The van der Waals surface area contributed by atoms with E-state index in [0.717, 1.165) is 11.3 Å². The minimum Gasteiger partial charge on any atom is -0.479 e. The zero-order valence-corrected chi connectivity index (χ0v) is 16.3. The Morgan fingerprint density at radius 2 is 2.07 bits per heavy atom. The van der Waals surface area contributed by atoms with Gasteiger partial charge in [0.2, 0.25) is 6.61 Å².